The lowest BCUT2D eigenvalue weighted by Gasteiger charge is -2.39. The number of carbonyl (C=O) groups excluding carboxylic acids is 3. The van der Waals surface area contributed by atoms with Crippen LogP contribution in [-0.4, -0.2) is 72.9 Å². The highest BCUT2D eigenvalue weighted by atomic mass is 35.5. The van der Waals surface area contributed by atoms with E-state index in [-0.39, 0.29) is 34.7 Å². The van der Waals surface area contributed by atoms with Crippen molar-refractivity contribution in [1.82, 2.24) is 20.9 Å². The number of hydrogen-bond acceptors (Lipinski definition) is 6. The van der Waals surface area contributed by atoms with E-state index in [1.807, 2.05) is 0 Å². The number of halogens is 2. The topological polar surface area (TPSA) is 99.8 Å². The summed E-state index contributed by atoms with van der Waals surface area (Å²) in [5.74, 6) is -0.857. The number of piperidine rings is 2. The average molecular weight is 501 g/mol. The highest BCUT2D eigenvalue weighted by Crippen LogP contribution is 2.28. The van der Waals surface area contributed by atoms with Gasteiger partial charge in [0.25, 0.3) is 0 Å². The van der Waals surface area contributed by atoms with Crippen molar-refractivity contribution in [3.8, 4) is 0 Å². The number of rotatable bonds is 7. The first-order valence-corrected chi connectivity index (χ1v) is 12.5. The minimum absolute atomic E-state index is 0.0612. The number of benzene rings is 1. The Labute approximate surface area is 202 Å². The molecule has 11 heteroatoms. The highest BCUT2D eigenvalue weighted by Gasteiger charge is 2.42. The predicted molar refractivity (Wildman–Crippen MR) is 125 cm³/mol. The number of thioether (sulfide) groups is 1. The average Bonchev–Trinajstić information content (AvgIpc) is 2.79. The Bertz CT molecular complexity index is 861. The van der Waals surface area contributed by atoms with Gasteiger partial charge in [-0.15, -0.1) is 11.8 Å². The molecule has 0 saturated carbocycles. The molecule has 0 unspecified atom stereocenters. The number of nitrogens with one attached hydrogen (secondary N) is 3. The Kier molecular flexibility index (Phi) is 9.22. The number of likely N-dealkylation sites (tertiary alicyclic amines) is 1. The van der Waals surface area contributed by atoms with E-state index in [1.165, 1.54) is 30.0 Å². The SMILES string of the molecule is CCOC(=O)N1CCC(NC(=O)C2(NC(=O)CSc3ccc(F)cc3Cl)CCNCC2)CC1. The molecule has 0 aliphatic carbocycles. The van der Waals surface area contributed by atoms with Crippen LogP contribution in [0.1, 0.15) is 32.6 Å². The molecule has 0 aromatic heterocycles. The highest BCUT2D eigenvalue weighted by molar-refractivity contribution is 8.00. The van der Waals surface area contributed by atoms with Gasteiger partial charge in [0.1, 0.15) is 11.4 Å². The molecule has 2 heterocycles. The van der Waals surface area contributed by atoms with Gasteiger partial charge in [-0.3, -0.25) is 9.59 Å². The van der Waals surface area contributed by atoms with Crippen molar-refractivity contribution in [2.24, 2.45) is 0 Å². The van der Waals surface area contributed by atoms with Crippen LogP contribution in [0, 0.1) is 5.82 Å². The molecule has 3 amide bonds. The van der Waals surface area contributed by atoms with Crippen LogP contribution in [0.25, 0.3) is 0 Å². The van der Waals surface area contributed by atoms with Gasteiger partial charge in [0, 0.05) is 24.0 Å². The maximum atomic E-state index is 13.3. The quantitative estimate of drug-likeness (QED) is 0.498. The molecular weight excluding hydrogens is 471 g/mol. The normalized spacial score (nSPS) is 18.5. The monoisotopic (exact) mass is 500 g/mol. The van der Waals surface area contributed by atoms with Gasteiger partial charge in [-0.2, -0.15) is 0 Å². The van der Waals surface area contributed by atoms with E-state index in [9.17, 15) is 18.8 Å². The first-order chi connectivity index (χ1) is 15.8. The molecule has 3 N–H and O–H groups in total. The van der Waals surface area contributed by atoms with Crippen LogP contribution in [0.2, 0.25) is 5.02 Å². The van der Waals surface area contributed by atoms with Crippen LogP contribution in [0.15, 0.2) is 23.1 Å². The molecule has 0 radical (unpaired) electrons. The second-order valence-electron chi connectivity index (χ2n) is 8.18. The minimum atomic E-state index is -0.992. The van der Waals surface area contributed by atoms with Gasteiger partial charge >= 0.3 is 6.09 Å². The second kappa shape index (κ2) is 11.9. The Hall–Kier alpha value is -2.04. The van der Waals surface area contributed by atoms with Crippen LogP contribution in [-0.2, 0) is 14.3 Å². The van der Waals surface area contributed by atoms with Crippen LogP contribution in [0.5, 0.6) is 0 Å². The van der Waals surface area contributed by atoms with E-state index in [0.29, 0.717) is 63.4 Å². The molecule has 0 spiro atoms. The molecule has 182 valence electrons. The fourth-order valence-electron chi connectivity index (χ4n) is 4.05. The number of nitrogens with zero attached hydrogens (tertiary/aromatic N) is 1. The third-order valence-corrected chi connectivity index (χ3v) is 7.38. The van der Waals surface area contributed by atoms with E-state index in [4.69, 9.17) is 16.3 Å². The van der Waals surface area contributed by atoms with E-state index in [2.05, 4.69) is 16.0 Å². The summed E-state index contributed by atoms with van der Waals surface area (Å²) < 4.78 is 18.3. The zero-order valence-electron chi connectivity index (χ0n) is 18.6. The summed E-state index contributed by atoms with van der Waals surface area (Å²) in [6, 6.07) is 3.96. The van der Waals surface area contributed by atoms with Gasteiger partial charge in [0.2, 0.25) is 11.8 Å². The molecule has 8 nitrogen and oxygen atoms in total. The van der Waals surface area contributed by atoms with E-state index in [1.54, 1.807) is 11.8 Å². The molecule has 2 saturated heterocycles. The second-order valence-corrected chi connectivity index (χ2v) is 9.60. The summed E-state index contributed by atoms with van der Waals surface area (Å²) in [5, 5.41) is 9.51. The zero-order chi connectivity index (χ0) is 23.8. The van der Waals surface area contributed by atoms with Gasteiger partial charge in [-0.1, -0.05) is 11.6 Å². The number of amides is 3. The molecule has 3 rings (SSSR count). The molecule has 2 aliphatic heterocycles. The van der Waals surface area contributed by atoms with Gasteiger partial charge in [0.15, 0.2) is 0 Å². The summed E-state index contributed by atoms with van der Waals surface area (Å²) in [4.78, 5) is 40.1. The van der Waals surface area contributed by atoms with Crippen LogP contribution < -0.4 is 16.0 Å². The van der Waals surface area contributed by atoms with Crippen molar-refractivity contribution < 1.29 is 23.5 Å². The predicted octanol–water partition coefficient (Wildman–Crippen LogP) is 2.55. The maximum Gasteiger partial charge on any atom is 0.409 e. The molecule has 2 fully saturated rings. The van der Waals surface area contributed by atoms with Gasteiger partial charge in [-0.25, -0.2) is 9.18 Å². The number of hydrogen-bond donors (Lipinski definition) is 3. The van der Waals surface area contributed by atoms with E-state index < -0.39 is 11.4 Å². The molecule has 1 aromatic carbocycles. The summed E-state index contributed by atoms with van der Waals surface area (Å²) >= 11 is 7.24. The van der Waals surface area contributed by atoms with Crippen LogP contribution in [0.4, 0.5) is 9.18 Å². The lowest BCUT2D eigenvalue weighted by atomic mass is 9.86. The lowest BCUT2D eigenvalue weighted by Crippen LogP contribution is -2.64. The Morgan fingerprint density at radius 3 is 2.61 bits per heavy atom. The molecule has 0 bridgehead atoms. The van der Waals surface area contributed by atoms with Crippen molar-refractivity contribution in [3.05, 3.63) is 29.0 Å². The Morgan fingerprint density at radius 2 is 1.97 bits per heavy atom. The van der Waals surface area contributed by atoms with Gasteiger partial charge < -0.3 is 25.6 Å². The molecule has 1 aromatic rings. The smallest absolute Gasteiger partial charge is 0.409 e. The van der Waals surface area contributed by atoms with Crippen LogP contribution >= 0.6 is 23.4 Å². The van der Waals surface area contributed by atoms with E-state index in [0.717, 1.165) is 0 Å². The van der Waals surface area contributed by atoms with Crippen molar-refractivity contribution in [2.45, 2.75) is 49.1 Å². The van der Waals surface area contributed by atoms with Crippen molar-refractivity contribution in [1.29, 1.82) is 0 Å². The number of ether oxygens (including phenoxy) is 1. The minimum Gasteiger partial charge on any atom is -0.450 e. The summed E-state index contributed by atoms with van der Waals surface area (Å²) in [5.41, 5.74) is -0.992. The van der Waals surface area contributed by atoms with Crippen molar-refractivity contribution >= 4 is 41.3 Å². The standard InChI is InChI=1S/C22H30ClFN4O4S/c1-2-32-21(31)28-11-5-16(6-12-28)26-20(30)22(7-9-25-10-8-22)27-19(29)14-33-18-4-3-15(24)13-17(18)23/h3-4,13,16,25H,2,5-12,14H2,1H3,(H,26,30)(H,27,29). The van der Waals surface area contributed by atoms with Gasteiger partial charge in [0.05, 0.1) is 17.4 Å². The molecule has 33 heavy (non-hydrogen) atoms. The molecular formula is C22H30ClFN4O4S. The first-order valence-electron chi connectivity index (χ1n) is 11.2. The maximum absolute atomic E-state index is 13.3. The van der Waals surface area contributed by atoms with Gasteiger partial charge in [-0.05, 0) is 63.9 Å². The summed E-state index contributed by atoms with van der Waals surface area (Å²) in [7, 11) is 0. The fraction of sp³-hybridized carbons (Fsp3) is 0.591. The first kappa shape index (κ1) is 25.6. The third kappa shape index (κ3) is 6.97. The molecule has 2 aliphatic rings. The Morgan fingerprint density at radius 1 is 1.27 bits per heavy atom. The van der Waals surface area contributed by atoms with E-state index >= 15 is 0 Å². The summed E-state index contributed by atoms with van der Waals surface area (Å²) in [6.07, 6.45) is 1.89. The third-order valence-electron chi connectivity index (χ3n) is 5.88. The molecule has 0 atom stereocenters. The largest absolute Gasteiger partial charge is 0.450 e. The zero-order valence-corrected chi connectivity index (χ0v) is 20.2. The number of carbonyl (C=O) groups is 3. The fourth-order valence-corrected chi connectivity index (χ4v) is 5.10. The van der Waals surface area contributed by atoms with Crippen molar-refractivity contribution in [3.63, 3.8) is 0 Å². The van der Waals surface area contributed by atoms with Crippen molar-refractivity contribution in [2.75, 3.05) is 38.5 Å². The Balaban J connectivity index is 1.56. The lowest BCUT2D eigenvalue weighted by molar-refractivity contribution is -0.134. The summed E-state index contributed by atoms with van der Waals surface area (Å²) in [6.45, 7) is 4.36. The van der Waals surface area contributed by atoms with Crippen LogP contribution in [0.3, 0.4) is 0 Å².